The number of hydrogen-bond donors (Lipinski definition) is 0. The van der Waals surface area contributed by atoms with E-state index in [-0.39, 0.29) is 17.2 Å². The molecule has 1 unspecified atom stereocenters. The minimum atomic E-state index is -0.611. The van der Waals surface area contributed by atoms with Crippen LogP contribution in [0, 0.1) is 11.3 Å². The molecule has 1 aromatic rings. The van der Waals surface area contributed by atoms with Crippen LogP contribution in [-0.2, 0) is 14.3 Å². The Morgan fingerprint density at radius 2 is 2.17 bits per heavy atom. The fourth-order valence-corrected chi connectivity index (χ4v) is 3.76. The van der Waals surface area contributed by atoms with Crippen LogP contribution >= 0.6 is 0 Å². The third-order valence-corrected chi connectivity index (χ3v) is 4.69. The maximum absolute atomic E-state index is 12.9. The van der Waals surface area contributed by atoms with Crippen LogP contribution in [-0.4, -0.2) is 24.1 Å². The van der Waals surface area contributed by atoms with Gasteiger partial charge in [-0.2, -0.15) is 0 Å². The zero-order chi connectivity index (χ0) is 17.5. The van der Waals surface area contributed by atoms with Crippen molar-refractivity contribution in [2.75, 3.05) is 6.61 Å². The molecule has 5 nitrogen and oxygen atoms in total. The number of aliphatic imine (C=N–C) groups is 1. The quantitative estimate of drug-likeness (QED) is 0.794. The first-order valence-electron chi connectivity index (χ1n) is 8.35. The van der Waals surface area contributed by atoms with E-state index in [1.54, 1.807) is 19.3 Å². The maximum Gasteiger partial charge on any atom is 0.315 e. The third-order valence-electron chi connectivity index (χ3n) is 4.69. The minimum absolute atomic E-state index is 0.0493. The molecule has 0 bridgehead atoms. The molecule has 0 amide bonds. The van der Waals surface area contributed by atoms with Crippen molar-refractivity contribution < 1.29 is 18.7 Å². The average Bonchev–Trinajstić information content (AvgIpc) is 2.98. The van der Waals surface area contributed by atoms with Crippen molar-refractivity contribution in [2.45, 2.75) is 46.5 Å². The number of Topliss-reactive ketones (excluding diaryl/α,β-unsaturated/α-hetero) is 1. The van der Waals surface area contributed by atoms with E-state index < -0.39 is 11.8 Å². The normalized spacial score (nSPS) is 26.0. The summed E-state index contributed by atoms with van der Waals surface area (Å²) in [5.74, 6) is -0.754. The zero-order valence-electron chi connectivity index (χ0n) is 14.6. The second kappa shape index (κ2) is 6.04. The molecule has 3 rings (SSSR count). The van der Waals surface area contributed by atoms with Crippen molar-refractivity contribution in [1.82, 2.24) is 0 Å². The molecule has 5 heteroatoms. The second-order valence-corrected chi connectivity index (χ2v) is 7.28. The van der Waals surface area contributed by atoms with E-state index in [1.807, 2.05) is 13.0 Å². The van der Waals surface area contributed by atoms with E-state index in [1.165, 1.54) is 0 Å². The van der Waals surface area contributed by atoms with Crippen LogP contribution in [0.1, 0.15) is 52.2 Å². The van der Waals surface area contributed by atoms with Gasteiger partial charge in [0.2, 0.25) is 0 Å². The number of ether oxygens (including phenoxy) is 1. The smallest absolute Gasteiger partial charge is 0.315 e. The summed E-state index contributed by atoms with van der Waals surface area (Å²) < 4.78 is 10.8. The summed E-state index contributed by atoms with van der Waals surface area (Å²) in [4.78, 5) is 30.0. The number of nitrogens with zero attached hydrogens (tertiary/aromatic N) is 1. The molecule has 2 aliphatic rings. The molecule has 0 saturated heterocycles. The van der Waals surface area contributed by atoms with Gasteiger partial charge in [-0.15, -0.1) is 0 Å². The Kier molecular flexibility index (Phi) is 4.20. The lowest BCUT2D eigenvalue weighted by Gasteiger charge is -2.38. The van der Waals surface area contributed by atoms with Gasteiger partial charge in [0.25, 0.3) is 0 Å². The first-order valence-corrected chi connectivity index (χ1v) is 8.35. The fraction of sp³-hybridized carbons (Fsp3) is 0.526. The predicted octanol–water partition coefficient (Wildman–Crippen LogP) is 3.66. The van der Waals surface area contributed by atoms with Crippen LogP contribution in [0.5, 0.6) is 0 Å². The van der Waals surface area contributed by atoms with Gasteiger partial charge in [-0.3, -0.25) is 14.6 Å². The number of rotatable bonds is 3. The standard InChI is InChI=1S/C19H23NO4/c1-5-23-18(22)15-11(2)20-12-9-19(3,4)10-13(21)16(12)17(15)14-7-6-8-24-14/h6-8,15,17H,5,9-10H2,1-4H3/t15?,17-/m0/s1. The van der Waals surface area contributed by atoms with Crippen molar-refractivity contribution in [3.05, 3.63) is 35.4 Å². The summed E-state index contributed by atoms with van der Waals surface area (Å²) in [5, 5.41) is 0. The highest BCUT2D eigenvalue weighted by atomic mass is 16.5. The summed E-state index contributed by atoms with van der Waals surface area (Å²) in [6.45, 7) is 8.03. The molecule has 0 N–H and O–H groups in total. The summed E-state index contributed by atoms with van der Waals surface area (Å²) in [6.07, 6.45) is 2.74. The van der Waals surface area contributed by atoms with Crippen molar-refractivity contribution in [2.24, 2.45) is 16.3 Å². The van der Waals surface area contributed by atoms with Gasteiger partial charge in [0.05, 0.1) is 18.8 Å². The van der Waals surface area contributed by atoms with Gasteiger partial charge < -0.3 is 9.15 Å². The number of hydrogen-bond acceptors (Lipinski definition) is 5. The molecule has 1 aliphatic carbocycles. The second-order valence-electron chi connectivity index (χ2n) is 7.28. The summed E-state index contributed by atoms with van der Waals surface area (Å²) in [5.41, 5.74) is 1.96. The van der Waals surface area contributed by atoms with Gasteiger partial charge in [0.1, 0.15) is 11.7 Å². The van der Waals surface area contributed by atoms with Crippen LogP contribution in [0.15, 0.2) is 39.1 Å². The Bertz CT molecular complexity index is 725. The number of allylic oxidation sites excluding steroid dienone is 2. The molecule has 128 valence electrons. The van der Waals surface area contributed by atoms with Crippen molar-refractivity contribution >= 4 is 17.5 Å². The first kappa shape index (κ1) is 16.7. The van der Waals surface area contributed by atoms with Crippen LogP contribution in [0.4, 0.5) is 0 Å². The lowest BCUT2D eigenvalue weighted by atomic mass is 9.68. The fourth-order valence-electron chi connectivity index (χ4n) is 3.76. The van der Waals surface area contributed by atoms with E-state index in [9.17, 15) is 9.59 Å². The largest absolute Gasteiger partial charge is 0.469 e. The molecular weight excluding hydrogens is 306 g/mol. The minimum Gasteiger partial charge on any atom is -0.469 e. The van der Waals surface area contributed by atoms with Gasteiger partial charge in [0, 0.05) is 23.4 Å². The van der Waals surface area contributed by atoms with Crippen LogP contribution < -0.4 is 0 Å². The summed E-state index contributed by atoms with van der Waals surface area (Å²) in [7, 11) is 0. The highest BCUT2D eigenvalue weighted by Gasteiger charge is 2.47. The van der Waals surface area contributed by atoms with Crippen LogP contribution in [0.3, 0.4) is 0 Å². The van der Waals surface area contributed by atoms with Gasteiger partial charge in [-0.05, 0) is 37.8 Å². The van der Waals surface area contributed by atoms with Gasteiger partial charge in [-0.25, -0.2) is 0 Å². The Hall–Kier alpha value is -2.17. The monoisotopic (exact) mass is 329 g/mol. The van der Waals surface area contributed by atoms with Crippen molar-refractivity contribution in [1.29, 1.82) is 0 Å². The van der Waals surface area contributed by atoms with Crippen LogP contribution in [0.25, 0.3) is 0 Å². The van der Waals surface area contributed by atoms with Gasteiger partial charge >= 0.3 is 5.97 Å². The topological polar surface area (TPSA) is 68.9 Å². The highest BCUT2D eigenvalue weighted by molar-refractivity contribution is 6.08. The van der Waals surface area contributed by atoms with E-state index in [0.29, 0.717) is 30.1 Å². The Balaban J connectivity index is 2.13. The first-order chi connectivity index (χ1) is 11.3. The third kappa shape index (κ3) is 2.83. The maximum atomic E-state index is 12.9. The summed E-state index contributed by atoms with van der Waals surface area (Å²) >= 11 is 0. The molecule has 0 saturated carbocycles. The molecule has 0 radical (unpaired) electrons. The van der Waals surface area contributed by atoms with Crippen LogP contribution in [0.2, 0.25) is 0 Å². The molecular formula is C19H23NO4. The Morgan fingerprint density at radius 1 is 1.42 bits per heavy atom. The van der Waals surface area contributed by atoms with E-state index in [4.69, 9.17) is 9.15 Å². The Morgan fingerprint density at radius 3 is 2.79 bits per heavy atom. The van der Waals surface area contributed by atoms with Crippen molar-refractivity contribution in [3.8, 4) is 0 Å². The number of furan rings is 1. The molecule has 0 fully saturated rings. The van der Waals surface area contributed by atoms with E-state index in [0.717, 1.165) is 12.1 Å². The molecule has 2 atom stereocenters. The van der Waals surface area contributed by atoms with E-state index >= 15 is 0 Å². The van der Waals surface area contributed by atoms with Gasteiger partial charge in [0.15, 0.2) is 5.78 Å². The lowest BCUT2D eigenvalue weighted by Crippen LogP contribution is -2.39. The van der Waals surface area contributed by atoms with Gasteiger partial charge in [-0.1, -0.05) is 13.8 Å². The number of carbonyl (C=O) groups excluding carboxylic acids is 2. The molecule has 2 heterocycles. The number of esters is 1. The Labute approximate surface area is 141 Å². The molecule has 24 heavy (non-hydrogen) atoms. The van der Waals surface area contributed by atoms with E-state index in [2.05, 4.69) is 18.8 Å². The SMILES string of the molecule is CCOC(=O)C1C(C)=NC2=C(C(=O)CC(C)(C)C2)[C@H]1c1ccco1. The molecule has 0 spiro atoms. The molecule has 1 aromatic heterocycles. The average molecular weight is 329 g/mol. The lowest BCUT2D eigenvalue weighted by molar-refractivity contribution is -0.146. The number of carbonyl (C=O) groups is 2. The predicted molar refractivity (Wildman–Crippen MR) is 89.7 cm³/mol. The zero-order valence-corrected chi connectivity index (χ0v) is 14.6. The highest BCUT2D eigenvalue weighted by Crippen LogP contribution is 2.47. The molecule has 0 aromatic carbocycles. The number of ketones is 1. The van der Waals surface area contributed by atoms with Crippen molar-refractivity contribution in [3.63, 3.8) is 0 Å². The summed E-state index contributed by atoms with van der Waals surface area (Å²) in [6, 6.07) is 3.59. The molecule has 1 aliphatic heterocycles.